The van der Waals surface area contributed by atoms with Gasteiger partial charge in [0, 0.05) is 19.0 Å². The van der Waals surface area contributed by atoms with Gasteiger partial charge in [0.15, 0.2) is 0 Å². The zero-order valence-electron chi connectivity index (χ0n) is 15.0. The van der Waals surface area contributed by atoms with Crippen molar-refractivity contribution < 1.29 is 18.0 Å². The van der Waals surface area contributed by atoms with Crippen molar-refractivity contribution in [1.82, 2.24) is 10.2 Å². The van der Waals surface area contributed by atoms with E-state index in [1.165, 1.54) is 12.1 Å². The minimum atomic E-state index is -4.34. The number of nitrogens with zero attached hydrogens (tertiary/aromatic N) is 1. The van der Waals surface area contributed by atoms with Crippen molar-refractivity contribution in [2.24, 2.45) is 5.92 Å². The lowest BCUT2D eigenvalue weighted by atomic mass is 9.95. The Morgan fingerprint density at radius 3 is 2.30 bits per heavy atom. The second-order valence-electron chi connectivity index (χ2n) is 6.91. The third kappa shape index (κ3) is 5.32. The number of rotatable bonds is 5. The summed E-state index contributed by atoms with van der Waals surface area (Å²) in [6.45, 7) is 2.00. The maximum Gasteiger partial charge on any atom is 0.416 e. The van der Waals surface area contributed by atoms with Crippen LogP contribution in [0.1, 0.15) is 29.5 Å². The SMILES string of the molecule is O=C(NCc1ccccc1)C1CCN(Cc2ccccc2C(F)(F)F)CC1. The molecule has 3 nitrogen and oxygen atoms in total. The van der Waals surface area contributed by atoms with E-state index in [9.17, 15) is 18.0 Å². The molecule has 1 saturated heterocycles. The lowest BCUT2D eigenvalue weighted by molar-refractivity contribution is -0.138. The van der Waals surface area contributed by atoms with E-state index in [-0.39, 0.29) is 23.9 Å². The maximum atomic E-state index is 13.1. The highest BCUT2D eigenvalue weighted by atomic mass is 19.4. The van der Waals surface area contributed by atoms with E-state index in [1.54, 1.807) is 6.07 Å². The number of carbonyl (C=O) groups is 1. The average Bonchev–Trinajstić information content (AvgIpc) is 2.67. The minimum Gasteiger partial charge on any atom is -0.352 e. The van der Waals surface area contributed by atoms with Crippen LogP contribution in [0.25, 0.3) is 0 Å². The predicted molar refractivity (Wildman–Crippen MR) is 97.7 cm³/mol. The van der Waals surface area contributed by atoms with Crippen LogP contribution in [-0.4, -0.2) is 23.9 Å². The van der Waals surface area contributed by atoms with Crippen LogP contribution >= 0.6 is 0 Å². The van der Waals surface area contributed by atoms with E-state index in [2.05, 4.69) is 5.32 Å². The number of hydrogen-bond donors (Lipinski definition) is 1. The number of piperidine rings is 1. The predicted octanol–water partition coefficient (Wildman–Crippen LogP) is 4.23. The number of nitrogens with one attached hydrogen (secondary N) is 1. The number of alkyl halides is 3. The highest BCUT2D eigenvalue weighted by molar-refractivity contribution is 5.78. The van der Waals surface area contributed by atoms with E-state index < -0.39 is 11.7 Å². The Labute approximate surface area is 157 Å². The molecule has 1 amide bonds. The van der Waals surface area contributed by atoms with Crippen LogP contribution < -0.4 is 5.32 Å². The Morgan fingerprint density at radius 2 is 1.63 bits per heavy atom. The van der Waals surface area contributed by atoms with E-state index in [0.29, 0.717) is 32.5 Å². The molecular weight excluding hydrogens is 353 g/mol. The molecule has 0 spiro atoms. The van der Waals surface area contributed by atoms with Gasteiger partial charge in [0.1, 0.15) is 0 Å². The Kier molecular flexibility index (Phi) is 6.16. The van der Waals surface area contributed by atoms with Crippen LogP contribution in [0, 0.1) is 5.92 Å². The van der Waals surface area contributed by atoms with Gasteiger partial charge in [-0.25, -0.2) is 0 Å². The van der Waals surface area contributed by atoms with Crippen LogP contribution in [0.15, 0.2) is 54.6 Å². The topological polar surface area (TPSA) is 32.3 Å². The van der Waals surface area contributed by atoms with Crippen molar-refractivity contribution in [3.63, 3.8) is 0 Å². The Bertz CT molecular complexity index is 754. The van der Waals surface area contributed by atoms with Crippen molar-refractivity contribution in [2.75, 3.05) is 13.1 Å². The lowest BCUT2D eigenvalue weighted by Gasteiger charge is -2.32. The molecule has 1 N–H and O–H groups in total. The third-order valence-corrected chi connectivity index (χ3v) is 4.98. The van der Waals surface area contributed by atoms with Crippen LogP contribution in [0.2, 0.25) is 0 Å². The van der Waals surface area contributed by atoms with Crippen LogP contribution in [0.3, 0.4) is 0 Å². The molecule has 27 heavy (non-hydrogen) atoms. The molecule has 1 fully saturated rings. The van der Waals surface area contributed by atoms with Gasteiger partial charge in [-0.2, -0.15) is 13.2 Å². The first-order valence-corrected chi connectivity index (χ1v) is 9.12. The van der Waals surface area contributed by atoms with Gasteiger partial charge in [0.05, 0.1) is 5.56 Å². The van der Waals surface area contributed by atoms with Gasteiger partial charge in [-0.1, -0.05) is 48.5 Å². The van der Waals surface area contributed by atoms with Crippen LogP contribution in [-0.2, 0) is 24.1 Å². The van der Waals surface area contributed by atoms with Gasteiger partial charge in [-0.05, 0) is 43.1 Å². The number of carbonyl (C=O) groups excluding carboxylic acids is 1. The van der Waals surface area contributed by atoms with Crippen LogP contribution in [0.5, 0.6) is 0 Å². The molecule has 0 aromatic heterocycles. The fourth-order valence-electron chi connectivity index (χ4n) is 3.46. The number of amides is 1. The molecule has 0 unspecified atom stereocenters. The molecule has 1 aliphatic rings. The molecule has 0 saturated carbocycles. The van der Waals surface area contributed by atoms with Gasteiger partial charge < -0.3 is 5.32 Å². The van der Waals surface area contributed by atoms with E-state index >= 15 is 0 Å². The summed E-state index contributed by atoms with van der Waals surface area (Å²) in [6.07, 6.45) is -3.02. The Morgan fingerprint density at radius 1 is 1.00 bits per heavy atom. The quantitative estimate of drug-likeness (QED) is 0.847. The second kappa shape index (κ2) is 8.57. The molecule has 0 aliphatic carbocycles. The molecule has 2 aromatic rings. The van der Waals surface area contributed by atoms with Crippen molar-refractivity contribution in [3.8, 4) is 0 Å². The minimum absolute atomic E-state index is 0.0224. The van der Waals surface area contributed by atoms with Crippen molar-refractivity contribution in [1.29, 1.82) is 0 Å². The first-order chi connectivity index (χ1) is 12.9. The third-order valence-electron chi connectivity index (χ3n) is 4.98. The summed E-state index contributed by atoms with van der Waals surface area (Å²) in [5, 5.41) is 2.96. The summed E-state index contributed by atoms with van der Waals surface area (Å²) in [7, 11) is 0. The fraction of sp³-hybridized carbons (Fsp3) is 0.381. The van der Waals surface area contributed by atoms with E-state index in [4.69, 9.17) is 0 Å². The molecule has 144 valence electrons. The smallest absolute Gasteiger partial charge is 0.352 e. The van der Waals surface area contributed by atoms with E-state index in [0.717, 1.165) is 11.6 Å². The standard InChI is InChI=1S/C21H23F3N2O/c22-21(23,24)19-9-5-4-8-18(19)15-26-12-10-17(11-13-26)20(27)25-14-16-6-2-1-3-7-16/h1-9,17H,10-15H2,(H,25,27). The molecule has 3 rings (SSSR count). The molecule has 0 atom stereocenters. The summed E-state index contributed by atoms with van der Waals surface area (Å²) in [5.41, 5.74) is 0.761. The number of likely N-dealkylation sites (tertiary alicyclic amines) is 1. The summed E-state index contributed by atoms with van der Waals surface area (Å²) >= 11 is 0. The van der Waals surface area contributed by atoms with Gasteiger partial charge in [-0.15, -0.1) is 0 Å². The largest absolute Gasteiger partial charge is 0.416 e. The first kappa shape index (κ1) is 19.4. The summed E-state index contributed by atoms with van der Waals surface area (Å²) in [4.78, 5) is 14.3. The average molecular weight is 376 g/mol. The molecule has 0 radical (unpaired) electrons. The van der Waals surface area contributed by atoms with Crippen LogP contribution in [0.4, 0.5) is 13.2 Å². The summed E-state index contributed by atoms with van der Waals surface area (Å²) < 4.78 is 39.4. The summed E-state index contributed by atoms with van der Waals surface area (Å²) in [6, 6.07) is 15.4. The highest BCUT2D eigenvalue weighted by Gasteiger charge is 2.33. The summed E-state index contributed by atoms with van der Waals surface area (Å²) in [5.74, 6) is -0.0583. The Hall–Kier alpha value is -2.34. The van der Waals surface area contributed by atoms with Crippen molar-refractivity contribution in [3.05, 3.63) is 71.3 Å². The zero-order chi connectivity index (χ0) is 19.3. The Balaban J connectivity index is 1.50. The second-order valence-corrected chi connectivity index (χ2v) is 6.91. The monoisotopic (exact) mass is 376 g/mol. The maximum absolute atomic E-state index is 13.1. The normalized spacial score (nSPS) is 16.3. The van der Waals surface area contributed by atoms with E-state index in [1.807, 2.05) is 35.2 Å². The van der Waals surface area contributed by atoms with Gasteiger partial charge >= 0.3 is 6.18 Å². The molecule has 1 heterocycles. The zero-order valence-corrected chi connectivity index (χ0v) is 15.0. The lowest BCUT2D eigenvalue weighted by Crippen LogP contribution is -2.40. The highest BCUT2D eigenvalue weighted by Crippen LogP contribution is 2.33. The molecular formula is C21H23F3N2O. The number of halogens is 3. The molecule has 6 heteroatoms. The fourth-order valence-corrected chi connectivity index (χ4v) is 3.46. The number of hydrogen-bond acceptors (Lipinski definition) is 2. The van der Waals surface area contributed by atoms with Crippen molar-refractivity contribution in [2.45, 2.75) is 32.1 Å². The first-order valence-electron chi connectivity index (χ1n) is 9.12. The molecule has 2 aromatic carbocycles. The molecule has 0 bridgehead atoms. The van der Waals surface area contributed by atoms with Gasteiger partial charge in [0.25, 0.3) is 0 Å². The number of benzene rings is 2. The van der Waals surface area contributed by atoms with Gasteiger partial charge in [0.2, 0.25) is 5.91 Å². The van der Waals surface area contributed by atoms with Crippen molar-refractivity contribution >= 4 is 5.91 Å². The molecule has 1 aliphatic heterocycles. The van der Waals surface area contributed by atoms with Gasteiger partial charge in [-0.3, -0.25) is 9.69 Å².